The molecule has 0 bridgehead atoms. The Bertz CT molecular complexity index is 823. The minimum absolute atomic E-state index is 0.767. The zero-order valence-corrected chi connectivity index (χ0v) is 14.2. The molecule has 0 unspecified atom stereocenters. The number of fused-ring (bicyclic) bond motifs is 1. The van der Waals surface area contributed by atoms with Crippen molar-refractivity contribution in [2.75, 3.05) is 14.2 Å². The Kier molecular flexibility index (Phi) is 6.13. The maximum Gasteiger partial charge on any atom is 0.364 e. The second-order valence-electron chi connectivity index (χ2n) is 4.78. The van der Waals surface area contributed by atoms with Crippen molar-refractivity contribution < 1.29 is 42.8 Å². The molecule has 0 spiro atoms. The van der Waals surface area contributed by atoms with E-state index in [-0.39, 0.29) is 0 Å². The quantitative estimate of drug-likeness (QED) is 0.580. The van der Waals surface area contributed by atoms with E-state index in [0.29, 0.717) is 0 Å². The van der Waals surface area contributed by atoms with Crippen LogP contribution in [0.25, 0.3) is 22.3 Å². The Morgan fingerprint density at radius 1 is 0.840 bits per heavy atom. The van der Waals surface area contributed by atoms with E-state index in [9.17, 15) is 0 Å². The Morgan fingerprint density at radius 2 is 1.44 bits per heavy atom. The van der Waals surface area contributed by atoms with E-state index in [1.807, 2.05) is 54.6 Å². The molecule has 0 aliphatic rings. The number of ether oxygens (including phenoxy) is 2. The first kappa shape index (κ1) is 18.9. The predicted molar refractivity (Wildman–Crippen MR) is 79.2 cm³/mol. The summed E-state index contributed by atoms with van der Waals surface area (Å²) >= 11 is 0. The number of hydrogen-bond donors (Lipinski definition) is 0. The standard InChI is InChI=1S/C17H15O3.ClHO4/c1-18-13-9-7-12(8-10-13)16-11-17(19-2)14-5-3-4-6-15(14)20-16;2-1(3,4)5/h3-11H,1-2H3;(H,2,3,4,5)/q+1;/p-1. The topological polar surface area (TPSA) is 122 Å². The minimum Gasteiger partial charge on any atom is -0.497 e. The van der Waals surface area contributed by atoms with Crippen molar-refractivity contribution in [2.45, 2.75) is 0 Å². The van der Waals surface area contributed by atoms with Gasteiger partial charge in [0, 0.05) is 6.07 Å². The van der Waals surface area contributed by atoms with Crippen LogP contribution in [-0.2, 0) is 0 Å². The molecule has 0 radical (unpaired) electrons. The molecular formula is C17H15ClO7. The summed E-state index contributed by atoms with van der Waals surface area (Å²) in [5.74, 6) is 2.39. The van der Waals surface area contributed by atoms with Gasteiger partial charge in [-0.3, -0.25) is 0 Å². The largest absolute Gasteiger partial charge is 0.497 e. The fourth-order valence-corrected chi connectivity index (χ4v) is 2.17. The summed E-state index contributed by atoms with van der Waals surface area (Å²) in [6, 6.07) is 17.5. The van der Waals surface area contributed by atoms with Crippen molar-refractivity contribution in [3.8, 4) is 22.8 Å². The van der Waals surface area contributed by atoms with Gasteiger partial charge in [-0.05, 0) is 30.3 Å². The average molecular weight is 367 g/mol. The van der Waals surface area contributed by atoms with Gasteiger partial charge < -0.3 is 9.47 Å². The average Bonchev–Trinajstić information content (AvgIpc) is 2.59. The van der Waals surface area contributed by atoms with Crippen LogP contribution in [0.3, 0.4) is 0 Å². The highest BCUT2D eigenvalue weighted by Gasteiger charge is 2.19. The van der Waals surface area contributed by atoms with Gasteiger partial charge >= 0.3 is 11.3 Å². The molecule has 132 valence electrons. The highest BCUT2D eigenvalue weighted by Crippen LogP contribution is 2.32. The van der Waals surface area contributed by atoms with Gasteiger partial charge in [0.05, 0.1) is 25.8 Å². The molecule has 0 saturated carbocycles. The molecule has 25 heavy (non-hydrogen) atoms. The zero-order valence-electron chi connectivity index (χ0n) is 13.4. The first-order valence-corrected chi connectivity index (χ1v) is 8.21. The maximum absolute atomic E-state index is 8.49. The normalized spacial score (nSPS) is 10.8. The molecule has 1 aromatic heterocycles. The van der Waals surface area contributed by atoms with E-state index in [4.69, 9.17) is 32.5 Å². The van der Waals surface area contributed by atoms with E-state index in [2.05, 4.69) is 0 Å². The van der Waals surface area contributed by atoms with Crippen molar-refractivity contribution in [2.24, 2.45) is 0 Å². The van der Waals surface area contributed by atoms with Crippen LogP contribution in [0.5, 0.6) is 11.5 Å². The fraction of sp³-hybridized carbons (Fsp3) is 0.118. The molecule has 2 aromatic carbocycles. The van der Waals surface area contributed by atoms with Crippen molar-refractivity contribution in [1.82, 2.24) is 0 Å². The molecule has 7 nitrogen and oxygen atoms in total. The van der Waals surface area contributed by atoms with E-state index in [0.717, 1.165) is 33.8 Å². The van der Waals surface area contributed by atoms with Crippen LogP contribution >= 0.6 is 0 Å². The lowest BCUT2D eigenvalue weighted by atomic mass is 10.1. The molecule has 0 saturated heterocycles. The van der Waals surface area contributed by atoms with Gasteiger partial charge in [0.15, 0.2) is 0 Å². The smallest absolute Gasteiger partial charge is 0.364 e. The zero-order chi connectivity index (χ0) is 18.4. The van der Waals surface area contributed by atoms with Gasteiger partial charge in [0.2, 0.25) is 0 Å². The van der Waals surface area contributed by atoms with Gasteiger partial charge in [-0.1, -0.05) is 12.1 Å². The molecule has 1 heterocycles. The van der Waals surface area contributed by atoms with Crippen LogP contribution in [0.15, 0.2) is 59.0 Å². The molecular weight excluding hydrogens is 352 g/mol. The molecule has 3 rings (SSSR count). The van der Waals surface area contributed by atoms with Crippen molar-refractivity contribution in [3.05, 3.63) is 54.6 Å². The number of halogens is 1. The van der Waals surface area contributed by atoms with E-state index >= 15 is 0 Å². The summed E-state index contributed by atoms with van der Waals surface area (Å²) < 4.78 is 50.5. The van der Waals surface area contributed by atoms with Gasteiger partial charge in [-0.25, -0.2) is 23.1 Å². The third kappa shape index (κ3) is 5.56. The number of hydrogen-bond acceptors (Lipinski definition) is 6. The minimum atomic E-state index is -4.94. The molecule has 0 aliphatic heterocycles. The lowest BCUT2D eigenvalue weighted by molar-refractivity contribution is -2.00. The van der Waals surface area contributed by atoms with Gasteiger partial charge in [0.1, 0.15) is 16.9 Å². The SMILES string of the molecule is COc1ccc(-c2cc(OC)c3ccccc3[o+]2)cc1.[O-][Cl+3]([O-])([O-])[O-]. The molecule has 0 amide bonds. The van der Waals surface area contributed by atoms with E-state index < -0.39 is 10.2 Å². The Morgan fingerprint density at radius 3 is 2.00 bits per heavy atom. The Hall–Kier alpha value is -2.42. The Labute approximate surface area is 146 Å². The number of benzene rings is 2. The third-order valence-corrected chi connectivity index (χ3v) is 3.23. The van der Waals surface area contributed by atoms with Gasteiger partial charge in [-0.15, -0.1) is 10.2 Å². The van der Waals surface area contributed by atoms with Crippen molar-refractivity contribution in [1.29, 1.82) is 0 Å². The third-order valence-electron chi connectivity index (χ3n) is 3.23. The maximum atomic E-state index is 8.49. The van der Waals surface area contributed by atoms with Crippen LogP contribution in [0.1, 0.15) is 0 Å². The van der Waals surface area contributed by atoms with E-state index in [1.54, 1.807) is 14.2 Å². The molecule has 8 heteroatoms. The molecule has 0 N–H and O–H groups in total. The molecule has 0 aliphatic carbocycles. The fourth-order valence-electron chi connectivity index (χ4n) is 2.17. The monoisotopic (exact) mass is 366 g/mol. The lowest BCUT2D eigenvalue weighted by Gasteiger charge is -2.17. The van der Waals surface area contributed by atoms with Crippen LogP contribution in [0.2, 0.25) is 0 Å². The summed E-state index contributed by atoms with van der Waals surface area (Å²) in [6.07, 6.45) is 0. The first-order valence-electron chi connectivity index (χ1n) is 6.98. The highest BCUT2D eigenvalue weighted by molar-refractivity contribution is 5.85. The number of para-hydroxylation sites is 1. The summed E-state index contributed by atoms with van der Waals surface area (Å²) in [5, 5.41) is 0.965. The van der Waals surface area contributed by atoms with Gasteiger partial charge in [0.25, 0.3) is 0 Å². The predicted octanol–water partition coefficient (Wildman–Crippen LogP) is -0.358. The lowest BCUT2D eigenvalue weighted by Crippen LogP contribution is -2.68. The van der Waals surface area contributed by atoms with Crippen LogP contribution in [-0.4, -0.2) is 14.2 Å². The first-order chi connectivity index (χ1) is 11.8. The highest BCUT2D eigenvalue weighted by atomic mass is 35.7. The molecule has 3 aromatic rings. The van der Waals surface area contributed by atoms with Crippen LogP contribution in [0.4, 0.5) is 0 Å². The number of rotatable bonds is 3. The second-order valence-corrected chi connectivity index (χ2v) is 5.54. The van der Waals surface area contributed by atoms with Crippen LogP contribution in [0, 0.1) is 10.2 Å². The number of methoxy groups -OCH3 is 2. The van der Waals surface area contributed by atoms with E-state index in [1.165, 1.54) is 0 Å². The van der Waals surface area contributed by atoms with Gasteiger partial charge in [-0.2, -0.15) is 0 Å². The second kappa shape index (κ2) is 8.11. The summed E-state index contributed by atoms with van der Waals surface area (Å²) in [4.78, 5) is 0. The van der Waals surface area contributed by atoms with Crippen molar-refractivity contribution >= 4 is 11.0 Å². The summed E-state index contributed by atoms with van der Waals surface area (Å²) in [5.41, 5.74) is 1.78. The van der Waals surface area contributed by atoms with Crippen molar-refractivity contribution in [3.63, 3.8) is 0 Å². The summed E-state index contributed by atoms with van der Waals surface area (Å²) in [6.45, 7) is 0. The molecule has 0 atom stereocenters. The Balaban J connectivity index is 0.000000399. The van der Waals surface area contributed by atoms with Crippen LogP contribution < -0.4 is 28.1 Å². The molecule has 0 fully saturated rings. The summed E-state index contributed by atoms with van der Waals surface area (Å²) in [7, 11) is -1.63.